The van der Waals surface area contributed by atoms with Gasteiger partial charge < -0.3 is 0 Å². The van der Waals surface area contributed by atoms with Gasteiger partial charge in [0.05, 0.1) is 0 Å². The van der Waals surface area contributed by atoms with Crippen LogP contribution in [0, 0.1) is 0 Å². The number of halogens is 9. The maximum Gasteiger partial charge on any atom is 0.522 e. The lowest BCUT2D eigenvalue weighted by Crippen LogP contribution is -2.21. The van der Waals surface area contributed by atoms with E-state index in [1.807, 2.05) is 0 Å². The van der Waals surface area contributed by atoms with Gasteiger partial charge in [0.1, 0.15) is 0 Å². The summed E-state index contributed by atoms with van der Waals surface area (Å²) < 4.78 is 57.5. The molecule has 13 heteroatoms. The van der Waals surface area contributed by atoms with Crippen LogP contribution in [0.1, 0.15) is 0 Å². The predicted molar refractivity (Wildman–Crippen MR) is 32.6 cm³/mol. The highest BCUT2D eigenvalue weighted by Gasteiger charge is 2.44. The largest absolute Gasteiger partial charge is 0.522 e. The average molecular weight is 270 g/mol. The fourth-order valence-corrected chi connectivity index (χ4v) is 0. The molecule has 0 heterocycles. The van der Waals surface area contributed by atoms with Crippen molar-refractivity contribution < 1.29 is 54.4 Å². The van der Waals surface area contributed by atoms with Crippen LogP contribution in [0.3, 0.4) is 0 Å². The van der Waals surface area contributed by atoms with Gasteiger partial charge in [0.15, 0.2) is 0 Å². The highest BCUT2D eigenvalue weighted by Crippen LogP contribution is 2.20. The summed E-state index contributed by atoms with van der Waals surface area (Å²) in [7, 11) is -5.84. The fourth-order valence-electron chi connectivity index (χ4n) is 0. The molecule has 0 fully saturated rings. The number of alkyl halides is 3. The predicted octanol–water partition coefficient (Wildman–Crippen LogP) is 1.31. The maximum atomic E-state index is 10.7. The minimum atomic E-state index is -5.84. The Morgan fingerprint density at radius 3 is 0.857 bits per heavy atom. The van der Waals surface area contributed by atoms with Crippen molar-refractivity contribution in [2.24, 2.45) is 0 Å². The van der Waals surface area contributed by atoms with Crippen molar-refractivity contribution in [3.63, 3.8) is 0 Å². The molecule has 0 aromatic heterocycles. The standard InChI is InChI=1S/CHF3O3S.6FH/c2-1(3,4)8(5,6)7;;;;;;/h(H,5,6,7);6*1H. The van der Waals surface area contributed by atoms with Gasteiger partial charge in [0, 0.05) is 0 Å². The van der Waals surface area contributed by atoms with Crippen LogP contribution in [0.15, 0.2) is 0 Å². The molecule has 14 heavy (non-hydrogen) atoms. The van der Waals surface area contributed by atoms with E-state index >= 15 is 0 Å². The van der Waals surface area contributed by atoms with Gasteiger partial charge in [-0.05, 0) is 0 Å². The second-order valence-corrected chi connectivity index (χ2v) is 2.33. The average Bonchev–Trinajstić information content (AvgIpc) is 1.25. The van der Waals surface area contributed by atoms with E-state index in [0.29, 0.717) is 0 Å². The summed E-state index contributed by atoms with van der Waals surface area (Å²) in [6, 6.07) is 0. The smallest absolute Gasteiger partial charge is 0.279 e. The second kappa shape index (κ2) is 12.3. The molecule has 0 aliphatic rings. The normalized spacial score (nSPS) is 8.00. The van der Waals surface area contributed by atoms with Gasteiger partial charge in [-0.3, -0.25) is 32.8 Å². The topological polar surface area (TPSA) is 54.4 Å². The van der Waals surface area contributed by atoms with Gasteiger partial charge in [-0.2, -0.15) is 21.6 Å². The van der Waals surface area contributed by atoms with Crippen molar-refractivity contribution in [2.45, 2.75) is 5.51 Å². The van der Waals surface area contributed by atoms with E-state index in [9.17, 15) is 13.2 Å². The molecule has 0 saturated carbocycles. The van der Waals surface area contributed by atoms with Gasteiger partial charge in [-0.1, -0.05) is 0 Å². The third-order valence-corrected chi connectivity index (χ3v) is 0.877. The van der Waals surface area contributed by atoms with Crippen LogP contribution in [0.4, 0.5) is 41.4 Å². The zero-order valence-electron chi connectivity index (χ0n) is 5.76. The van der Waals surface area contributed by atoms with Crippen molar-refractivity contribution in [3.8, 4) is 0 Å². The molecule has 98 valence electrons. The molecule has 0 atom stereocenters. The maximum absolute atomic E-state index is 10.7. The fraction of sp³-hybridized carbons (Fsp3) is 1.00. The second-order valence-electron chi connectivity index (χ2n) is 0.921. The minimum Gasteiger partial charge on any atom is -0.279 e. The summed E-state index contributed by atoms with van der Waals surface area (Å²) >= 11 is 0. The number of hydrogen-bond donors (Lipinski definition) is 1. The van der Waals surface area contributed by atoms with Crippen LogP contribution >= 0.6 is 0 Å². The Kier molecular flexibility index (Phi) is 44.5. The van der Waals surface area contributed by atoms with Crippen LogP contribution < -0.4 is 0 Å². The van der Waals surface area contributed by atoms with Gasteiger partial charge >= 0.3 is 15.6 Å². The first-order valence-electron chi connectivity index (χ1n) is 1.29. The SMILES string of the molecule is F.F.F.F.F.F.O=S(=O)(O)C(F)(F)F. The van der Waals surface area contributed by atoms with Crippen LogP contribution in [0.25, 0.3) is 0 Å². The monoisotopic (exact) mass is 270 g/mol. The lowest BCUT2D eigenvalue weighted by molar-refractivity contribution is -0.0510. The van der Waals surface area contributed by atoms with E-state index < -0.39 is 15.6 Å². The molecule has 3 nitrogen and oxygen atoms in total. The zero-order valence-corrected chi connectivity index (χ0v) is 6.57. The lowest BCUT2D eigenvalue weighted by Gasteiger charge is -1.97. The molecule has 0 aromatic carbocycles. The Labute approximate surface area is 71.2 Å². The summed E-state index contributed by atoms with van der Waals surface area (Å²) in [6.07, 6.45) is 0. The Morgan fingerprint density at radius 1 is 0.786 bits per heavy atom. The molecule has 0 aliphatic heterocycles. The molecule has 0 unspecified atom stereocenters. The zero-order chi connectivity index (χ0) is 7.00. The summed E-state index contributed by atoms with van der Waals surface area (Å²) in [5.41, 5.74) is -5.53. The third-order valence-electron chi connectivity index (χ3n) is 0.292. The highest BCUT2D eigenvalue weighted by atomic mass is 32.2. The van der Waals surface area contributed by atoms with Crippen LogP contribution in [-0.4, -0.2) is 18.5 Å². The van der Waals surface area contributed by atoms with Crippen LogP contribution in [0.5, 0.6) is 0 Å². The summed E-state index contributed by atoms with van der Waals surface area (Å²) in [6.45, 7) is 0. The van der Waals surface area contributed by atoms with E-state index in [-0.39, 0.29) is 28.2 Å². The van der Waals surface area contributed by atoms with E-state index in [1.165, 1.54) is 0 Å². The van der Waals surface area contributed by atoms with Crippen molar-refractivity contribution in [1.82, 2.24) is 0 Å². The van der Waals surface area contributed by atoms with Crippen molar-refractivity contribution >= 4 is 10.1 Å². The van der Waals surface area contributed by atoms with Gasteiger partial charge in [-0.25, -0.2) is 0 Å². The molecule has 1 N–H and O–H groups in total. The molecule has 0 rings (SSSR count). The van der Waals surface area contributed by atoms with Gasteiger partial charge in [-0.15, -0.1) is 0 Å². The summed E-state index contributed by atoms with van der Waals surface area (Å²) in [5, 5.41) is 0. The Bertz CT molecular complexity index is 169. The third kappa shape index (κ3) is 17.4. The molecule has 0 saturated heterocycles. The van der Waals surface area contributed by atoms with E-state index in [1.54, 1.807) is 0 Å². The molecule has 0 amide bonds. The Morgan fingerprint density at radius 2 is 0.857 bits per heavy atom. The molecular weight excluding hydrogens is 263 g/mol. The van der Waals surface area contributed by atoms with Crippen molar-refractivity contribution in [1.29, 1.82) is 0 Å². The first-order chi connectivity index (χ1) is 3.25. The van der Waals surface area contributed by atoms with E-state index in [0.717, 1.165) is 0 Å². The number of rotatable bonds is 0. The van der Waals surface area contributed by atoms with Gasteiger partial charge in [0.25, 0.3) is 0 Å². The molecular formula is CH7F9O3S. The first-order valence-corrected chi connectivity index (χ1v) is 2.73. The van der Waals surface area contributed by atoms with Gasteiger partial charge in [0.2, 0.25) is 0 Å². The number of hydrogen-bond acceptors (Lipinski definition) is 2. The summed E-state index contributed by atoms with van der Waals surface area (Å²) in [5.74, 6) is 0. The van der Waals surface area contributed by atoms with Crippen molar-refractivity contribution in [3.05, 3.63) is 0 Å². The van der Waals surface area contributed by atoms with Crippen LogP contribution in [-0.2, 0) is 10.1 Å². The van der Waals surface area contributed by atoms with E-state index in [2.05, 4.69) is 0 Å². The molecule has 0 aromatic rings. The molecule has 0 radical (unpaired) electrons. The summed E-state index contributed by atoms with van der Waals surface area (Å²) in [4.78, 5) is 0. The lowest BCUT2D eigenvalue weighted by atomic mass is 11.6. The quantitative estimate of drug-likeness (QED) is 0.410. The first kappa shape index (κ1) is 50.8. The minimum absolute atomic E-state index is 0. The Hall–Kier alpha value is -0.720. The Balaban J connectivity index is -0.0000000163. The molecule has 0 bridgehead atoms. The highest BCUT2D eigenvalue weighted by molar-refractivity contribution is 7.86. The molecule has 0 spiro atoms. The van der Waals surface area contributed by atoms with Crippen LogP contribution in [0.2, 0.25) is 0 Å². The molecule has 0 aliphatic carbocycles. The van der Waals surface area contributed by atoms with E-state index in [4.69, 9.17) is 13.0 Å². The van der Waals surface area contributed by atoms with Crippen molar-refractivity contribution in [2.75, 3.05) is 0 Å².